The second kappa shape index (κ2) is 7.68. The van der Waals surface area contributed by atoms with Gasteiger partial charge in [-0.05, 0) is 50.2 Å². The lowest BCUT2D eigenvalue weighted by molar-refractivity contribution is 0.164. The summed E-state index contributed by atoms with van der Waals surface area (Å²) in [5.41, 5.74) is 0.783. The van der Waals surface area contributed by atoms with Gasteiger partial charge in [-0.2, -0.15) is 0 Å². The normalized spacial score (nSPS) is 15.6. The summed E-state index contributed by atoms with van der Waals surface area (Å²) in [6.07, 6.45) is 4.26. The molecule has 1 fully saturated rings. The van der Waals surface area contributed by atoms with Crippen molar-refractivity contribution in [3.8, 4) is 16.9 Å². The zero-order chi connectivity index (χ0) is 20.6. The van der Waals surface area contributed by atoms with E-state index in [1.807, 2.05) is 6.07 Å². The third-order valence-corrected chi connectivity index (χ3v) is 6.13. The van der Waals surface area contributed by atoms with Crippen LogP contribution in [-0.4, -0.2) is 38.9 Å². The molecular weight excluding hydrogens is 398 g/mol. The number of rotatable bonds is 4. The Morgan fingerprint density at radius 1 is 1.07 bits per heavy atom. The van der Waals surface area contributed by atoms with Gasteiger partial charge >= 0.3 is 0 Å². The molecule has 2 aromatic carbocycles. The second-order valence-corrected chi connectivity index (χ2v) is 9.10. The molecule has 2 heterocycles. The Kier molecular flexibility index (Phi) is 5.23. The first-order valence-electron chi connectivity index (χ1n) is 9.29. The number of fused-ring (bicyclic) bond motifs is 1. The number of ether oxygens (including phenoxy) is 1. The van der Waals surface area contributed by atoms with Crippen LogP contribution in [-0.2, 0) is 9.84 Å². The molecular formula is C21H20F2N2O3S. The van der Waals surface area contributed by atoms with Crippen molar-refractivity contribution in [1.82, 2.24) is 10.3 Å². The highest BCUT2D eigenvalue weighted by Crippen LogP contribution is 2.35. The zero-order valence-corrected chi connectivity index (χ0v) is 16.6. The van der Waals surface area contributed by atoms with Gasteiger partial charge in [0, 0.05) is 29.0 Å². The summed E-state index contributed by atoms with van der Waals surface area (Å²) in [4.78, 5) is 3.69. The van der Waals surface area contributed by atoms with Gasteiger partial charge < -0.3 is 10.1 Å². The van der Waals surface area contributed by atoms with E-state index in [0.717, 1.165) is 38.3 Å². The molecule has 4 rings (SSSR count). The van der Waals surface area contributed by atoms with E-state index in [9.17, 15) is 17.2 Å². The van der Waals surface area contributed by atoms with Crippen molar-refractivity contribution in [2.45, 2.75) is 23.8 Å². The summed E-state index contributed by atoms with van der Waals surface area (Å²) >= 11 is 0. The van der Waals surface area contributed by atoms with E-state index < -0.39 is 26.4 Å². The van der Waals surface area contributed by atoms with Crippen LogP contribution in [0.15, 0.2) is 47.5 Å². The Labute approximate surface area is 167 Å². The van der Waals surface area contributed by atoms with Gasteiger partial charge in [0.15, 0.2) is 9.84 Å². The maximum Gasteiger partial charge on any atom is 0.178 e. The summed E-state index contributed by atoms with van der Waals surface area (Å²) in [6, 6.07) is 8.55. The van der Waals surface area contributed by atoms with Crippen molar-refractivity contribution in [3.63, 3.8) is 0 Å². The van der Waals surface area contributed by atoms with Gasteiger partial charge in [0.2, 0.25) is 0 Å². The number of benzene rings is 2. The summed E-state index contributed by atoms with van der Waals surface area (Å²) in [5.74, 6) is -1.19. The number of halogens is 2. The van der Waals surface area contributed by atoms with Crippen LogP contribution in [0.25, 0.3) is 22.0 Å². The number of nitrogens with zero attached hydrogens (tertiary/aromatic N) is 1. The average Bonchev–Trinajstić information content (AvgIpc) is 2.69. The van der Waals surface area contributed by atoms with Gasteiger partial charge in [-0.1, -0.05) is 12.1 Å². The van der Waals surface area contributed by atoms with E-state index >= 15 is 0 Å². The highest BCUT2D eigenvalue weighted by Gasteiger charge is 2.21. The van der Waals surface area contributed by atoms with Gasteiger partial charge in [-0.15, -0.1) is 0 Å². The van der Waals surface area contributed by atoms with Crippen LogP contribution in [0.3, 0.4) is 0 Å². The summed E-state index contributed by atoms with van der Waals surface area (Å²) < 4.78 is 58.6. The van der Waals surface area contributed by atoms with Gasteiger partial charge in [0.1, 0.15) is 28.4 Å². The number of sulfone groups is 1. The van der Waals surface area contributed by atoms with Crippen molar-refractivity contribution >= 4 is 20.7 Å². The molecule has 152 valence electrons. The van der Waals surface area contributed by atoms with E-state index in [0.29, 0.717) is 28.3 Å². The minimum absolute atomic E-state index is 0.0491. The first kappa shape index (κ1) is 19.7. The number of hydrogen-bond donors (Lipinski definition) is 1. The monoisotopic (exact) mass is 418 g/mol. The van der Waals surface area contributed by atoms with Crippen LogP contribution in [0, 0.1) is 11.6 Å². The molecule has 0 aliphatic carbocycles. The minimum atomic E-state index is -3.88. The Morgan fingerprint density at radius 3 is 2.55 bits per heavy atom. The smallest absolute Gasteiger partial charge is 0.178 e. The molecule has 29 heavy (non-hydrogen) atoms. The molecule has 5 nitrogen and oxygen atoms in total. The standard InChI is InChI=1S/C21H20F2N2O3S/c1-29(26,27)20-12-17(22)16(11-18(20)23)14-3-2-4-15-19(7-10-25-21(14)15)28-13-5-8-24-9-6-13/h2-4,7,10-13,24H,5-6,8-9H2,1H3. The molecule has 0 unspecified atom stereocenters. The fraction of sp³-hybridized carbons (Fsp3) is 0.286. The fourth-order valence-electron chi connectivity index (χ4n) is 3.58. The third-order valence-electron chi connectivity index (χ3n) is 5.02. The van der Waals surface area contributed by atoms with E-state index in [2.05, 4.69) is 10.3 Å². The number of para-hydroxylation sites is 1. The van der Waals surface area contributed by atoms with Crippen LogP contribution < -0.4 is 10.1 Å². The lowest BCUT2D eigenvalue weighted by atomic mass is 10.0. The van der Waals surface area contributed by atoms with Gasteiger partial charge in [0.05, 0.1) is 5.52 Å². The van der Waals surface area contributed by atoms with Crippen LogP contribution in [0.5, 0.6) is 5.75 Å². The maximum absolute atomic E-state index is 14.8. The number of piperidine rings is 1. The first-order chi connectivity index (χ1) is 13.8. The van der Waals surface area contributed by atoms with Gasteiger partial charge in [0.25, 0.3) is 0 Å². The van der Waals surface area contributed by atoms with E-state index in [-0.39, 0.29) is 11.7 Å². The highest BCUT2D eigenvalue weighted by molar-refractivity contribution is 7.90. The predicted molar refractivity (Wildman–Crippen MR) is 107 cm³/mol. The van der Waals surface area contributed by atoms with Crippen molar-refractivity contribution in [3.05, 3.63) is 54.2 Å². The van der Waals surface area contributed by atoms with Crippen molar-refractivity contribution in [2.24, 2.45) is 0 Å². The Hall–Kier alpha value is -2.58. The fourth-order valence-corrected chi connectivity index (χ4v) is 4.31. The lowest BCUT2D eigenvalue weighted by Gasteiger charge is -2.24. The van der Waals surface area contributed by atoms with E-state index in [4.69, 9.17) is 4.74 Å². The number of aromatic nitrogens is 1. The minimum Gasteiger partial charge on any atom is -0.490 e. The first-order valence-corrected chi connectivity index (χ1v) is 11.2. The quantitative estimate of drug-likeness (QED) is 0.700. The number of nitrogens with one attached hydrogen (secondary N) is 1. The molecule has 8 heteroatoms. The SMILES string of the molecule is CS(=O)(=O)c1cc(F)c(-c2cccc3c(OC4CCNCC4)ccnc23)cc1F. The van der Waals surface area contributed by atoms with Crippen molar-refractivity contribution < 1.29 is 21.9 Å². The highest BCUT2D eigenvalue weighted by atomic mass is 32.2. The summed E-state index contributed by atoms with van der Waals surface area (Å²) in [7, 11) is -3.88. The predicted octanol–water partition coefficient (Wildman–Crippen LogP) is 3.71. The molecule has 1 N–H and O–H groups in total. The second-order valence-electron chi connectivity index (χ2n) is 7.11. The third kappa shape index (κ3) is 3.95. The summed E-state index contributed by atoms with van der Waals surface area (Å²) in [5, 5.41) is 3.97. The van der Waals surface area contributed by atoms with Crippen LogP contribution in [0.1, 0.15) is 12.8 Å². The Bertz CT molecular complexity index is 1180. The molecule has 1 aliphatic heterocycles. The molecule has 1 aliphatic rings. The Balaban J connectivity index is 1.81. The molecule has 0 saturated carbocycles. The molecule has 0 spiro atoms. The maximum atomic E-state index is 14.8. The molecule has 1 aromatic heterocycles. The van der Waals surface area contributed by atoms with E-state index in [1.165, 1.54) is 0 Å². The van der Waals surface area contributed by atoms with Crippen LogP contribution in [0.4, 0.5) is 8.78 Å². The molecule has 3 aromatic rings. The average molecular weight is 418 g/mol. The molecule has 0 radical (unpaired) electrons. The largest absolute Gasteiger partial charge is 0.490 e. The summed E-state index contributed by atoms with van der Waals surface area (Å²) in [6.45, 7) is 1.77. The number of hydrogen-bond acceptors (Lipinski definition) is 5. The van der Waals surface area contributed by atoms with Gasteiger partial charge in [-0.25, -0.2) is 17.2 Å². The van der Waals surface area contributed by atoms with Crippen LogP contribution >= 0.6 is 0 Å². The van der Waals surface area contributed by atoms with Crippen molar-refractivity contribution in [1.29, 1.82) is 0 Å². The molecule has 0 amide bonds. The number of pyridine rings is 1. The Morgan fingerprint density at radius 2 is 1.83 bits per heavy atom. The molecule has 1 saturated heterocycles. The zero-order valence-electron chi connectivity index (χ0n) is 15.8. The van der Waals surface area contributed by atoms with Crippen molar-refractivity contribution in [2.75, 3.05) is 19.3 Å². The van der Waals surface area contributed by atoms with E-state index in [1.54, 1.807) is 24.4 Å². The lowest BCUT2D eigenvalue weighted by Crippen LogP contribution is -2.34. The topological polar surface area (TPSA) is 68.3 Å². The van der Waals surface area contributed by atoms with Crippen LogP contribution in [0.2, 0.25) is 0 Å². The molecule has 0 bridgehead atoms. The van der Waals surface area contributed by atoms with Gasteiger partial charge in [-0.3, -0.25) is 4.98 Å². The molecule has 0 atom stereocenters.